The van der Waals surface area contributed by atoms with Crippen LogP contribution in [-0.4, -0.2) is 20.1 Å². The van der Waals surface area contributed by atoms with Gasteiger partial charge in [-0.25, -0.2) is 0 Å². The number of hydrogen-bond donors (Lipinski definition) is 2. The van der Waals surface area contributed by atoms with Gasteiger partial charge in [0.2, 0.25) is 5.91 Å². The summed E-state index contributed by atoms with van der Waals surface area (Å²) >= 11 is 0. The molecular formula is C21H26N2O3. The lowest BCUT2D eigenvalue weighted by molar-refractivity contribution is -0.121. The van der Waals surface area contributed by atoms with Crippen molar-refractivity contribution >= 4 is 11.6 Å². The molecule has 0 spiro atoms. The molecule has 0 saturated heterocycles. The van der Waals surface area contributed by atoms with E-state index in [0.29, 0.717) is 12.8 Å². The Morgan fingerprint density at radius 3 is 2.58 bits per heavy atom. The monoisotopic (exact) mass is 354 g/mol. The number of amides is 1. The summed E-state index contributed by atoms with van der Waals surface area (Å²) in [5, 5.41) is 3.18. The Kier molecular flexibility index (Phi) is 5.66. The molecule has 3 N–H and O–H groups in total. The van der Waals surface area contributed by atoms with E-state index in [2.05, 4.69) is 5.32 Å². The van der Waals surface area contributed by atoms with Crippen molar-refractivity contribution in [1.29, 1.82) is 0 Å². The van der Waals surface area contributed by atoms with Crippen LogP contribution in [0.15, 0.2) is 36.4 Å². The third-order valence-electron chi connectivity index (χ3n) is 4.87. The van der Waals surface area contributed by atoms with E-state index in [1.54, 1.807) is 14.2 Å². The fourth-order valence-electron chi connectivity index (χ4n) is 3.52. The molecule has 1 unspecified atom stereocenters. The second-order valence-corrected chi connectivity index (χ2v) is 6.69. The van der Waals surface area contributed by atoms with Crippen LogP contribution in [0.1, 0.15) is 42.0 Å². The van der Waals surface area contributed by atoms with Crippen molar-refractivity contribution in [3.63, 3.8) is 0 Å². The Morgan fingerprint density at radius 2 is 1.88 bits per heavy atom. The number of nitrogens with two attached hydrogens (primary N) is 1. The van der Waals surface area contributed by atoms with E-state index < -0.39 is 0 Å². The summed E-state index contributed by atoms with van der Waals surface area (Å²) in [7, 11) is 3.25. The molecule has 1 aliphatic carbocycles. The van der Waals surface area contributed by atoms with Crippen LogP contribution >= 0.6 is 0 Å². The molecule has 0 bridgehead atoms. The van der Waals surface area contributed by atoms with Gasteiger partial charge in [0.05, 0.1) is 20.3 Å². The van der Waals surface area contributed by atoms with Crippen molar-refractivity contribution in [1.82, 2.24) is 5.32 Å². The second-order valence-electron chi connectivity index (χ2n) is 6.69. The summed E-state index contributed by atoms with van der Waals surface area (Å²) in [6.07, 6.45) is 4.12. The van der Waals surface area contributed by atoms with Crippen molar-refractivity contribution in [3.8, 4) is 11.5 Å². The van der Waals surface area contributed by atoms with Crippen molar-refractivity contribution in [3.05, 3.63) is 53.1 Å². The van der Waals surface area contributed by atoms with Crippen LogP contribution in [0.4, 0.5) is 5.69 Å². The maximum absolute atomic E-state index is 12.5. The number of rotatable bonds is 6. The highest BCUT2D eigenvalue weighted by Gasteiger charge is 2.21. The number of nitrogen functional groups attached to an aromatic ring is 1. The molecule has 0 radical (unpaired) electrons. The maximum Gasteiger partial charge on any atom is 0.220 e. The van der Waals surface area contributed by atoms with Crippen molar-refractivity contribution in [2.45, 2.75) is 38.1 Å². The number of fused-ring (bicyclic) bond motifs is 1. The molecule has 2 aromatic carbocycles. The summed E-state index contributed by atoms with van der Waals surface area (Å²) in [6, 6.07) is 11.8. The predicted octanol–water partition coefficient (Wildman–Crippen LogP) is 3.41. The van der Waals surface area contributed by atoms with E-state index in [9.17, 15) is 4.79 Å². The van der Waals surface area contributed by atoms with Gasteiger partial charge in [0.25, 0.3) is 0 Å². The summed E-state index contributed by atoms with van der Waals surface area (Å²) in [5.41, 5.74) is 10.1. The molecule has 0 saturated carbocycles. The predicted molar refractivity (Wildman–Crippen MR) is 103 cm³/mol. The third-order valence-corrected chi connectivity index (χ3v) is 4.87. The average Bonchev–Trinajstić information content (AvgIpc) is 2.66. The minimum Gasteiger partial charge on any atom is -0.497 e. The quantitative estimate of drug-likeness (QED) is 0.780. The highest BCUT2D eigenvalue weighted by atomic mass is 16.5. The maximum atomic E-state index is 12.5. The van der Waals surface area contributed by atoms with Crippen molar-refractivity contribution < 1.29 is 14.3 Å². The summed E-state index contributed by atoms with van der Waals surface area (Å²) in [4.78, 5) is 12.5. The van der Waals surface area contributed by atoms with Crippen molar-refractivity contribution in [2.75, 3.05) is 20.0 Å². The number of ether oxygens (including phenoxy) is 2. The first-order valence-electron chi connectivity index (χ1n) is 8.98. The van der Waals surface area contributed by atoms with E-state index in [1.807, 2.05) is 36.4 Å². The molecule has 5 heteroatoms. The SMILES string of the molecule is COc1cc(CCC(=O)NC2CCCc3cc(N)ccc32)cc(OC)c1. The first kappa shape index (κ1) is 18.1. The Balaban J connectivity index is 1.62. The van der Waals surface area contributed by atoms with Gasteiger partial charge in [-0.05, 0) is 66.6 Å². The van der Waals surface area contributed by atoms with E-state index >= 15 is 0 Å². The molecule has 0 fully saturated rings. The number of carbonyl (C=O) groups excluding carboxylic acids is 1. The molecule has 1 amide bonds. The lowest BCUT2D eigenvalue weighted by atomic mass is 9.87. The average molecular weight is 354 g/mol. The standard InChI is InChI=1S/C21H26N2O3/c1-25-17-10-14(11-18(13-17)26-2)6-9-21(24)23-20-5-3-4-15-12-16(22)7-8-19(15)20/h7-8,10-13,20H,3-6,9,22H2,1-2H3,(H,23,24). The molecular weight excluding hydrogens is 328 g/mol. The molecule has 0 aliphatic heterocycles. The fourth-order valence-corrected chi connectivity index (χ4v) is 3.52. The van der Waals surface area contributed by atoms with E-state index in [4.69, 9.17) is 15.2 Å². The summed E-state index contributed by atoms with van der Waals surface area (Å²) in [5.74, 6) is 1.53. The van der Waals surface area contributed by atoms with Crippen LogP contribution < -0.4 is 20.5 Å². The highest BCUT2D eigenvalue weighted by molar-refractivity contribution is 5.77. The van der Waals surface area contributed by atoms with E-state index in [1.165, 1.54) is 11.1 Å². The number of nitrogens with one attached hydrogen (secondary N) is 1. The lowest BCUT2D eigenvalue weighted by Gasteiger charge is -2.26. The molecule has 2 aromatic rings. The molecule has 1 aliphatic rings. The number of methoxy groups -OCH3 is 2. The molecule has 26 heavy (non-hydrogen) atoms. The lowest BCUT2D eigenvalue weighted by Crippen LogP contribution is -2.31. The minimum atomic E-state index is 0.0569. The number of benzene rings is 2. The Morgan fingerprint density at radius 1 is 1.15 bits per heavy atom. The first-order valence-corrected chi connectivity index (χ1v) is 8.98. The molecule has 138 valence electrons. The third kappa shape index (κ3) is 4.28. The zero-order chi connectivity index (χ0) is 18.5. The molecule has 0 heterocycles. The Labute approximate surface area is 154 Å². The first-order chi connectivity index (χ1) is 12.6. The summed E-state index contributed by atoms with van der Waals surface area (Å²) in [6.45, 7) is 0. The van der Waals surface area contributed by atoms with Crippen LogP contribution in [-0.2, 0) is 17.6 Å². The Bertz CT molecular complexity index is 767. The van der Waals surface area contributed by atoms with Gasteiger partial charge in [0.15, 0.2) is 0 Å². The number of hydrogen-bond acceptors (Lipinski definition) is 4. The number of carbonyl (C=O) groups is 1. The van der Waals surface area contributed by atoms with Gasteiger partial charge in [0, 0.05) is 18.2 Å². The van der Waals surface area contributed by atoms with Crippen LogP contribution in [0.25, 0.3) is 0 Å². The fraction of sp³-hybridized carbons (Fsp3) is 0.381. The van der Waals surface area contributed by atoms with Crippen molar-refractivity contribution in [2.24, 2.45) is 0 Å². The second kappa shape index (κ2) is 8.13. The van der Waals surface area contributed by atoms with Gasteiger partial charge in [-0.3, -0.25) is 4.79 Å². The Hall–Kier alpha value is -2.69. The molecule has 5 nitrogen and oxygen atoms in total. The van der Waals surface area contributed by atoms with Crippen LogP contribution in [0.3, 0.4) is 0 Å². The van der Waals surface area contributed by atoms with Gasteiger partial charge in [-0.2, -0.15) is 0 Å². The van der Waals surface area contributed by atoms with Gasteiger partial charge in [0.1, 0.15) is 11.5 Å². The van der Waals surface area contributed by atoms with Gasteiger partial charge in [-0.15, -0.1) is 0 Å². The van der Waals surface area contributed by atoms with Gasteiger partial charge < -0.3 is 20.5 Å². The van der Waals surface area contributed by atoms with Gasteiger partial charge >= 0.3 is 0 Å². The van der Waals surface area contributed by atoms with Crippen LogP contribution in [0.5, 0.6) is 11.5 Å². The molecule has 1 atom stereocenters. The van der Waals surface area contributed by atoms with E-state index in [-0.39, 0.29) is 11.9 Å². The molecule has 0 aromatic heterocycles. The number of aryl methyl sites for hydroxylation is 2. The van der Waals surface area contributed by atoms with Gasteiger partial charge in [-0.1, -0.05) is 6.07 Å². The number of anilines is 1. The summed E-state index contributed by atoms with van der Waals surface area (Å²) < 4.78 is 10.6. The largest absolute Gasteiger partial charge is 0.497 e. The van der Waals surface area contributed by atoms with Crippen LogP contribution in [0, 0.1) is 0 Å². The smallest absolute Gasteiger partial charge is 0.220 e. The minimum absolute atomic E-state index is 0.0569. The zero-order valence-corrected chi connectivity index (χ0v) is 15.4. The highest BCUT2D eigenvalue weighted by Crippen LogP contribution is 2.31. The molecule has 3 rings (SSSR count). The van der Waals surface area contributed by atoms with Crippen LogP contribution in [0.2, 0.25) is 0 Å². The topological polar surface area (TPSA) is 73.6 Å². The normalized spacial score (nSPS) is 15.8. The zero-order valence-electron chi connectivity index (χ0n) is 15.4. The van der Waals surface area contributed by atoms with E-state index in [0.717, 1.165) is 42.0 Å².